The van der Waals surface area contributed by atoms with E-state index in [0.29, 0.717) is 5.92 Å². The average Bonchev–Trinajstić information content (AvgIpc) is 2.95. The van der Waals surface area contributed by atoms with Crippen molar-refractivity contribution < 1.29 is 9.53 Å². The molecule has 2 heterocycles. The molecule has 4 rings (SSSR count). The summed E-state index contributed by atoms with van der Waals surface area (Å²) in [7, 11) is 3.79. The molecule has 5 nitrogen and oxygen atoms in total. The van der Waals surface area contributed by atoms with Crippen LogP contribution in [0.2, 0.25) is 0 Å². The maximum atomic E-state index is 13.2. The lowest BCUT2D eigenvalue weighted by atomic mass is 9.89. The third-order valence-electron chi connectivity index (χ3n) is 5.49. The van der Waals surface area contributed by atoms with E-state index in [1.807, 2.05) is 29.2 Å². The number of anilines is 2. The summed E-state index contributed by atoms with van der Waals surface area (Å²) < 4.78 is 5.26. The van der Waals surface area contributed by atoms with Crippen molar-refractivity contribution in [2.45, 2.75) is 25.3 Å². The Bertz CT molecular complexity index is 836. The Labute approximate surface area is 154 Å². The minimum atomic E-state index is -0.0691. The van der Waals surface area contributed by atoms with Gasteiger partial charge in [-0.15, -0.1) is 0 Å². The number of fused-ring (bicyclic) bond motifs is 3. The summed E-state index contributed by atoms with van der Waals surface area (Å²) in [4.78, 5) is 17.5. The summed E-state index contributed by atoms with van der Waals surface area (Å²) in [6, 6.07) is 14.1. The van der Waals surface area contributed by atoms with Gasteiger partial charge >= 0.3 is 6.03 Å². The standard InChI is InChI=1S/C21H25N3O2/c1-14-7-8-19-17(11-14)18-13-23(2)10-9-20(18)24(19)21(25)22-15-5-4-6-16(12-15)26-3/h4-8,11-12,18,20H,9-10,13H2,1-3H3,(H,22,25)/t18-,20+/m0/s1. The Hall–Kier alpha value is -2.53. The molecule has 136 valence electrons. The summed E-state index contributed by atoms with van der Waals surface area (Å²) in [5.74, 6) is 1.11. The quantitative estimate of drug-likeness (QED) is 0.894. The SMILES string of the molecule is COc1cccc(NC(=O)N2c3ccc(C)cc3[C@@H]3CN(C)CC[C@H]32)c1. The molecule has 0 radical (unpaired) electrons. The lowest BCUT2D eigenvalue weighted by Gasteiger charge is -2.36. The van der Waals surface area contributed by atoms with Gasteiger partial charge in [0.2, 0.25) is 0 Å². The smallest absolute Gasteiger partial charge is 0.326 e. The highest BCUT2D eigenvalue weighted by molar-refractivity contribution is 6.04. The van der Waals surface area contributed by atoms with Gasteiger partial charge in [-0.05, 0) is 50.7 Å². The number of likely N-dealkylation sites (N-methyl/N-ethyl adjacent to an activating group) is 1. The third-order valence-corrected chi connectivity index (χ3v) is 5.49. The van der Waals surface area contributed by atoms with Crippen LogP contribution >= 0.6 is 0 Å². The molecule has 2 aliphatic rings. The molecule has 1 saturated heterocycles. The second-order valence-electron chi connectivity index (χ2n) is 7.32. The number of aryl methyl sites for hydroxylation is 1. The van der Waals surface area contributed by atoms with Gasteiger partial charge in [0.25, 0.3) is 0 Å². The number of hydrogen-bond donors (Lipinski definition) is 1. The zero-order chi connectivity index (χ0) is 18.3. The molecule has 0 spiro atoms. The number of piperidine rings is 1. The van der Waals surface area contributed by atoms with Crippen LogP contribution in [-0.2, 0) is 0 Å². The molecule has 1 fully saturated rings. The Balaban J connectivity index is 1.65. The first-order valence-electron chi connectivity index (χ1n) is 9.10. The van der Waals surface area contributed by atoms with Gasteiger partial charge in [0.15, 0.2) is 0 Å². The topological polar surface area (TPSA) is 44.8 Å². The van der Waals surface area contributed by atoms with Crippen molar-refractivity contribution >= 4 is 17.4 Å². The largest absolute Gasteiger partial charge is 0.497 e. The molecule has 1 N–H and O–H groups in total. The van der Waals surface area contributed by atoms with Gasteiger partial charge in [0.05, 0.1) is 7.11 Å². The summed E-state index contributed by atoms with van der Waals surface area (Å²) >= 11 is 0. The van der Waals surface area contributed by atoms with Gasteiger partial charge in [-0.1, -0.05) is 23.8 Å². The molecule has 0 aliphatic carbocycles. The first-order chi connectivity index (χ1) is 12.6. The van der Waals surface area contributed by atoms with Crippen molar-refractivity contribution in [1.29, 1.82) is 0 Å². The molecule has 26 heavy (non-hydrogen) atoms. The molecule has 0 bridgehead atoms. The number of methoxy groups -OCH3 is 1. The number of carbonyl (C=O) groups is 1. The average molecular weight is 351 g/mol. The number of hydrogen-bond acceptors (Lipinski definition) is 3. The first kappa shape index (κ1) is 16.9. The number of nitrogens with one attached hydrogen (secondary N) is 1. The monoisotopic (exact) mass is 351 g/mol. The van der Waals surface area contributed by atoms with Crippen LogP contribution in [0.4, 0.5) is 16.2 Å². The van der Waals surface area contributed by atoms with E-state index < -0.39 is 0 Å². The Morgan fingerprint density at radius 3 is 2.88 bits per heavy atom. The van der Waals surface area contributed by atoms with Gasteiger partial charge < -0.3 is 15.0 Å². The van der Waals surface area contributed by atoms with Crippen molar-refractivity contribution in [3.05, 3.63) is 53.6 Å². The zero-order valence-corrected chi connectivity index (χ0v) is 15.5. The van der Waals surface area contributed by atoms with E-state index in [4.69, 9.17) is 4.74 Å². The lowest BCUT2D eigenvalue weighted by molar-refractivity contribution is 0.224. The van der Waals surface area contributed by atoms with Gasteiger partial charge in [-0.25, -0.2) is 4.79 Å². The summed E-state index contributed by atoms with van der Waals surface area (Å²) in [5.41, 5.74) is 4.33. The molecule has 2 aromatic rings. The fraction of sp³-hybridized carbons (Fsp3) is 0.381. The van der Waals surface area contributed by atoms with E-state index in [0.717, 1.165) is 36.6 Å². The predicted molar refractivity (Wildman–Crippen MR) is 104 cm³/mol. The van der Waals surface area contributed by atoms with Crippen LogP contribution in [-0.4, -0.2) is 44.2 Å². The summed E-state index contributed by atoms with van der Waals surface area (Å²) in [6.45, 7) is 4.11. The normalized spacial score (nSPS) is 21.9. The highest BCUT2D eigenvalue weighted by atomic mass is 16.5. The molecule has 2 atom stereocenters. The molecular formula is C21H25N3O2. The van der Waals surface area contributed by atoms with Crippen molar-refractivity contribution in [3.8, 4) is 5.75 Å². The third kappa shape index (κ3) is 2.92. The predicted octanol–water partition coefficient (Wildman–Crippen LogP) is 3.84. The number of rotatable bonds is 2. The maximum Gasteiger partial charge on any atom is 0.326 e. The van der Waals surface area contributed by atoms with Gasteiger partial charge in [0.1, 0.15) is 5.75 Å². The molecule has 5 heteroatoms. The molecule has 0 unspecified atom stereocenters. The maximum absolute atomic E-state index is 13.2. The van der Waals surface area contributed by atoms with Crippen LogP contribution in [0.15, 0.2) is 42.5 Å². The van der Waals surface area contributed by atoms with Crippen LogP contribution in [0.5, 0.6) is 5.75 Å². The number of amides is 2. The Morgan fingerprint density at radius 2 is 2.08 bits per heavy atom. The summed E-state index contributed by atoms with van der Waals surface area (Å²) in [5, 5.41) is 3.05. The number of ether oxygens (including phenoxy) is 1. The molecule has 2 aromatic carbocycles. The van der Waals surface area contributed by atoms with E-state index in [-0.39, 0.29) is 12.1 Å². The molecule has 0 saturated carbocycles. The number of urea groups is 1. The van der Waals surface area contributed by atoms with E-state index >= 15 is 0 Å². The van der Waals surface area contributed by atoms with Crippen LogP contribution in [0.1, 0.15) is 23.5 Å². The number of likely N-dealkylation sites (tertiary alicyclic amines) is 1. The minimum Gasteiger partial charge on any atom is -0.497 e. The number of nitrogens with zero attached hydrogens (tertiary/aromatic N) is 2. The fourth-order valence-corrected chi connectivity index (χ4v) is 4.23. The van der Waals surface area contributed by atoms with Crippen molar-refractivity contribution in [3.63, 3.8) is 0 Å². The van der Waals surface area contributed by atoms with E-state index in [2.05, 4.69) is 42.4 Å². The summed E-state index contributed by atoms with van der Waals surface area (Å²) in [6.07, 6.45) is 0.987. The molecule has 0 aromatic heterocycles. The Kier molecular flexibility index (Phi) is 4.32. The van der Waals surface area contributed by atoms with Crippen molar-refractivity contribution in [2.75, 3.05) is 37.5 Å². The Morgan fingerprint density at radius 1 is 1.23 bits per heavy atom. The fourth-order valence-electron chi connectivity index (χ4n) is 4.23. The molecule has 2 aliphatic heterocycles. The van der Waals surface area contributed by atoms with Crippen LogP contribution in [0.25, 0.3) is 0 Å². The van der Waals surface area contributed by atoms with E-state index in [9.17, 15) is 4.79 Å². The second kappa shape index (κ2) is 6.65. The number of carbonyl (C=O) groups excluding carboxylic acids is 1. The zero-order valence-electron chi connectivity index (χ0n) is 15.5. The number of benzene rings is 2. The highest BCUT2D eigenvalue weighted by Gasteiger charge is 2.43. The second-order valence-corrected chi connectivity index (χ2v) is 7.32. The lowest BCUT2D eigenvalue weighted by Crippen LogP contribution is -2.48. The van der Waals surface area contributed by atoms with Crippen LogP contribution in [0.3, 0.4) is 0 Å². The molecular weight excluding hydrogens is 326 g/mol. The van der Waals surface area contributed by atoms with Gasteiger partial charge in [-0.2, -0.15) is 0 Å². The van der Waals surface area contributed by atoms with E-state index in [1.54, 1.807) is 7.11 Å². The minimum absolute atomic E-state index is 0.0691. The van der Waals surface area contributed by atoms with Crippen LogP contribution in [0, 0.1) is 6.92 Å². The van der Waals surface area contributed by atoms with Gasteiger partial charge in [0, 0.05) is 35.9 Å². The first-order valence-corrected chi connectivity index (χ1v) is 9.10. The van der Waals surface area contributed by atoms with E-state index in [1.165, 1.54) is 11.1 Å². The molecule has 2 amide bonds. The highest BCUT2D eigenvalue weighted by Crippen LogP contribution is 2.45. The van der Waals surface area contributed by atoms with Crippen molar-refractivity contribution in [2.24, 2.45) is 0 Å². The van der Waals surface area contributed by atoms with Crippen molar-refractivity contribution in [1.82, 2.24) is 4.90 Å². The van der Waals surface area contributed by atoms with Crippen LogP contribution < -0.4 is 15.0 Å². The van der Waals surface area contributed by atoms with Gasteiger partial charge in [-0.3, -0.25) is 4.90 Å².